The molecule has 0 amide bonds. The Balaban J connectivity index is 1.48. The van der Waals surface area contributed by atoms with Gasteiger partial charge in [0.2, 0.25) is 0 Å². The number of hydrogen-bond donors (Lipinski definition) is 2. The monoisotopic (exact) mass is 425 g/mol. The second-order valence-corrected chi connectivity index (χ2v) is 8.22. The number of methoxy groups -OCH3 is 1. The van der Waals surface area contributed by atoms with Gasteiger partial charge in [-0.3, -0.25) is 4.90 Å². The van der Waals surface area contributed by atoms with E-state index in [2.05, 4.69) is 49.4 Å². The summed E-state index contributed by atoms with van der Waals surface area (Å²) in [5.74, 6) is 3.81. The second-order valence-electron chi connectivity index (χ2n) is 8.22. The number of para-hydroxylation sites is 1. The van der Waals surface area contributed by atoms with E-state index >= 15 is 0 Å². The van der Waals surface area contributed by atoms with Gasteiger partial charge in [0, 0.05) is 31.6 Å². The lowest BCUT2D eigenvalue weighted by Gasteiger charge is -2.30. The summed E-state index contributed by atoms with van der Waals surface area (Å²) >= 11 is 0. The maximum Gasteiger partial charge on any atom is 0.191 e. The van der Waals surface area contributed by atoms with Crippen LogP contribution in [0.25, 0.3) is 0 Å². The van der Waals surface area contributed by atoms with E-state index in [1.165, 1.54) is 31.2 Å². The van der Waals surface area contributed by atoms with Crippen LogP contribution in [-0.2, 0) is 19.5 Å². The number of aliphatic imine (C=N–C) groups is 1. The average Bonchev–Trinajstić information content (AvgIpc) is 3.48. The van der Waals surface area contributed by atoms with Crippen LogP contribution in [0.2, 0.25) is 0 Å². The van der Waals surface area contributed by atoms with Crippen molar-refractivity contribution in [3.8, 4) is 5.75 Å². The summed E-state index contributed by atoms with van der Waals surface area (Å²) < 4.78 is 7.91. The minimum atomic E-state index is 0.239. The third-order valence-corrected chi connectivity index (χ3v) is 6.20. The lowest BCUT2D eigenvalue weighted by molar-refractivity contribution is 0.239. The van der Waals surface area contributed by atoms with E-state index < -0.39 is 0 Å². The van der Waals surface area contributed by atoms with E-state index in [0.29, 0.717) is 6.54 Å². The topological polar surface area (TPSA) is 79.6 Å². The van der Waals surface area contributed by atoms with Crippen LogP contribution < -0.4 is 15.4 Å². The summed E-state index contributed by atoms with van der Waals surface area (Å²) in [4.78, 5) is 7.37. The Bertz CT molecular complexity index is 873. The van der Waals surface area contributed by atoms with Crippen molar-refractivity contribution >= 4 is 5.96 Å². The number of ether oxygens (including phenoxy) is 1. The van der Waals surface area contributed by atoms with Crippen LogP contribution in [0, 0.1) is 0 Å². The predicted octanol–water partition coefficient (Wildman–Crippen LogP) is 2.52. The molecule has 1 aromatic carbocycles. The molecule has 0 radical (unpaired) electrons. The van der Waals surface area contributed by atoms with Crippen LogP contribution in [0.3, 0.4) is 0 Å². The highest BCUT2D eigenvalue weighted by Crippen LogP contribution is 2.31. The molecule has 4 rings (SSSR count). The van der Waals surface area contributed by atoms with Gasteiger partial charge in [-0.2, -0.15) is 0 Å². The highest BCUT2D eigenvalue weighted by atomic mass is 16.5. The molecule has 0 bridgehead atoms. The second kappa shape index (κ2) is 10.6. The number of fused-ring (bicyclic) bond motifs is 1. The summed E-state index contributed by atoms with van der Waals surface area (Å²) in [6.07, 6.45) is 5.91. The molecule has 2 aliphatic rings. The molecule has 1 saturated heterocycles. The quantitative estimate of drug-likeness (QED) is 0.500. The number of aryl methyl sites for hydroxylation is 1. The van der Waals surface area contributed by atoms with Gasteiger partial charge in [-0.25, -0.2) is 4.99 Å². The molecule has 3 heterocycles. The summed E-state index contributed by atoms with van der Waals surface area (Å²) in [5.41, 5.74) is 1.22. The zero-order chi connectivity index (χ0) is 21.5. The van der Waals surface area contributed by atoms with Gasteiger partial charge in [-0.05, 0) is 51.8 Å². The van der Waals surface area contributed by atoms with E-state index in [1.807, 2.05) is 12.1 Å². The highest BCUT2D eigenvalue weighted by Gasteiger charge is 2.26. The predicted molar refractivity (Wildman–Crippen MR) is 122 cm³/mol. The lowest BCUT2D eigenvalue weighted by atomic mass is 10.0. The Labute approximate surface area is 185 Å². The number of nitrogens with zero attached hydrogens (tertiary/aromatic N) is 5. The number of benzene rings is 1. The molecule has 1 fully saturated rings. The third kappa shape index (κ3) is 5.18. The molecule has 1 atom stereocenters. The van der Waals surface area contributed by atoms with Crippen LogP contribution in [-0.4, -0.2) is 58.9 Å². The number of nitrogens with one attached hydrogen (secondary N) is 2. The minimum absolute atomic E-state index is 0.239. The molecular formula is C23H35N7O. The molecule has 8 heteroatoms. The van der Waals surface area contributed by atoms with Crippen molar-refractivity contribution < 1.29 is 4.74 Å². The molecule has 0 aliphatic carbocycles. The van der Waals surface area contributed by atoms with Gasteiger partial charge in [-0.15, -0.1) is 10.2 Å². The lowest BCUT2D eigenvalue weighted by Crippen LogP contribution is -2.42. The largest absolute Gasteiger partial charge is 0.496 e. The zero-order valence-corrected chi connectivity index (χ0v) is 18.8. The van der Waals surface area contributed by atoms with Gasteiger partial charge >= 0.3 is 0 Å². The Morgan fingerprint density at radius 2 is 1.90 bits per heavy atom. The molecule has 2 aromatic rings. The van der Waals surface area contributed by atoms with Crippen molar-refractivity contribution in [1.29, 1.82) is 0 Å². The van der Waals surface area contributed by atoms with E-state index in [-0.39, 0.29) is 6.04 Å². The number of hydrogen-bond acceptors (Lipinski definition) is 5. The molecule has 1 unspecified atom stereocenters. The fraction of sp³-hybridized carbons (Fsp3) is 0.609. The van der Waals surface area contributed by atoms with E-state index in [0.717, 1.165) is 62.5 Å². The molecule has 2 aliphatic heterocycles. The highest BCUT2D eigenvalue weighted by molar-refractivity contribution is 5.79. The summed E-state index contributed by atoms with van der Waals surface area (Å²) in [6, 6.07) is 8.58. The summed E-state index contributed by atoms with van der Waals surface area (Å²) in [7, 11) is 1.75. The van der Waals surface area contributed by atoms with Crippen LogP contribution in [0.5, 0.6) is 5.75 Å². The number of rotatable bonds is 8. The third-order valence-electron chi connectivity index (χ3n) is 6.20. The SMILES string of the molecule is CCNC(=NCc1nnc2n1CCCC2)NCC(c1ccccc1OC)N1CCCC1. The van der Waals surface area contributed by atoms with Gasteiger partial charge in [0.25, 0.3) is 0 Å². The first kappa shape index (κ1) is 21.6. The van der Waals surface area contributed by atoms with Crippen LogP contribution in [0.15, 0.2) is 29.3 Å². The fourth-order valence-electron chi connectivity index (χ4n) is 4.60. The fourth-order valence-corrected chi connectivity index (χ4v) is 4.60. The molecule has 2 N–H and O–H groups in total. The van der Waals surface area contributed by atoms with Crippen LogP contribution in [0.1, 0.15) is 55.9 Å². The number of likely N-dealkylation sites (tertiary alicyclic amines) is 1. The maximum atomic E-state index is 5.67. The van der Waals surface area contributed by atoms with Crippen LogP contribution in [0.4, 0.5) is 0 Å². The van der Waals surface area contributed by atoms with Gasteiger partial charge in [0.15, 0.2) is 11.8 Å². The Hall–Kier alpha value is -2.61. The molecule has 31 heavy (non-hydrogen) atoms. The molecule has 0 saturated carbocycles. The average molecular weight is 426 g/mol. The summed E-state index contributed by atoms with van der Waals surface area (Å²) in [5, 5.41) is 15.7. The smallest absolute Gasteiger partial charge is 0.191 e. The first-order chi connectivity index (χ1) is 15.3. The summed E-state index contributed by atoms with van der Waals surface area (Å²) in [6.45, 7) is 7.44. The number of aromatic nitrogens is 3. The van der Waals surface area contributed by atoms with Gasteiger partial charge in [0.05, 0.1) is 13.2 Å². The molecule has 168 valence electrons. The van der Waals surface area contributed by atoms with E-state index in [4.69, 9.17) is 9.73 Å². The standard InChI is InChI=1S/C23H35N7O/c1-3-24-23(26-17-22-28-27-21-12-6-7-15-30(21)22)25-16-19(29-13-8-9-14-29)18-10-4-5-11-20(18)31-2/h4-5,10-11,19H,3,6-9,12-17H2,1-2H3,(H2,24,25,26). The molecule has 8 nitrogen and oxygen atoms in total. The zero-order valence-electron chi connectivity index (χ0n) is 18.8. The minimum Gasteiger partial charge on any atom is -0.496 e. The Morgan fingerprint density at radius 1 is 1.10 bits per heavy atom. The van der Waals surface area contributed by atoms with Crippen molar-refractivity contribution in [1.82, 2.24) is 30.3 Å². The van der Waals surface area contributed by atoms with Crippen molar-refractivity contribution in [3.63, 3.8) is 0 Å². The Morgan fingerprint density at radius 3 is 2.71 bits per heavy atom. The first-order valence-corrected chi connectivity index (χ1v) is 11.6. The van der Waals surface area contributed by atoms with Crippen molar-refractivity contribution in [2.75, 3.05) is 33.3 Å². The molecule has 1 aromatic heterocycles. The molecular weight excluding hydrogens is 390 g/mol. The van der Waals surface area contributed by atoms with Gasteiger partial charge in [0.1, 0.15) is 18.1 Å². The van der Waals surface area contributed by atoms with Crippen molar-refractivity contribution in [3.05, 3.63) is 41.5 Å². The van der Waals surface area contributed by atoms with Crippen molar-refractivity contribution in [2.45, 2.75) is 58.2 Å². The van der Waals surface area contributed by atoms with Gasteiger partial charge in [-0.1, -0.05) is 18.2 Å². The normalized spacial score (nSPS) is 17.9. The Kier molecular flexibility index (Phi) is 7.40. The van der Waals surface area contributed by atoms with E-state index in [1.54, 1.807) is 7.11 Å². The molecule has 0 spiro atoms. The first-order valence-electron chi connectivity index (χ1n) is 11.6. The van der Waals surface area contributed by atoms with Crippen molar-refractivity contribution in [2.24, 2.45) is 4.99 Å². The van der Waals surface area contributed by atoms with Gasteiger partial charge < -0.3 is 19.9 Å². The van der Waals surface area contributed by atoms with Crippen LogP contribution >= 0.6 is 0 Å². The van der Waals surface area contributed by atoms with E-state index in [9.17, 15) is 0 Å². The maximum absolute atomic E-state index is 5.67. The number of guanidine groups is 1.